The van der Waals surface area contributed by atoms with Crippen molar-refractivity contribution in [1.29, 1.82) is 10.5 Å². The van der Waals surface area contributed by atoms with E-state index < -0.39 is 46.4 Å². The molecule has 2 heterocycles. The molecule has 12 nitrogen and oxygen atoms in total. The molecule has 2 aromatic heterocycles. The van der Waals surface area contributed by atoms with Gasteiger partial charge in [0.15, 0.2) is 23.1 Å². The second kappa shape index (κ2) is 33.3. The number of esters is 2. The molecule has 0 spiro atoms. The van der Waals surface area contributed by atoms with E-state index in [0.29, 0.717) is 11.5 Å². The van der Waals surface area contributed by atoms with Crippen molar-refractivity contribution in [2.24, 2.45) is 0 Å². The van der Waals surface area contributed by atoms with Gasteiger partial charge in [-0.2, -0.15) is 10.5 Å². The van der Waals surface area contributed by atoms with Crippen molar-refractivity contribution >= 4 is 23.5 Å². The number of rotatable bonds is 16. The predicted octanol–water partition coefficient (Wildman–Crippen LogP) is 15.7. The SMILES string of the molecule is CC.CC.CC.CC.CCOC(=O)c1noc(C(C)(C)C)c1C(=O)C[C@@H](c1ccccc1)[C@@H](C#N)c1ccccc1.CCOC(=O)c1noc(C(C)(C)C)c1C(=O)C[C@H](c1ccccc1)[C@H](C#N)c1ccccc1. The van der Waals surface area contributed by atoms with Gasteiger partial charge in [0.2, 0.25) is 11.4 Å². The monoisotopic (exact) mass is 1010 g/mol. The first-order valence-electron chi connectivity index (χ1n) is 25.9. The quantitative estimate of drug-likeness (QED) is 0.0660. The van der Waals surface area contributed by atoms with E-state index in [9.17, 15) is 29.7 Å². The summed E-state index contributed by atoms with van der Waals surface area (Å²) in [6, 6.07) is 42.6. The van der Waals surface area contributed by atoms with Crippen LogP contribution in [0.5, 0.6) is 0 Å². The second-order valence-electron chi connectivity index (χ2n) is 17.7. The zero-order valence-electron chi connectivity index (χ0n) is 46.7. The number of hydrogen-bond acceptors (Lipinski definition) is 12. The Labute approximate surface area is 441 Å². The summed E-state index contributed by atoms with van der Waals surface area (Å²) in [5.74, 6) is -3.32. The molecule has 0 fully saturated rings. The van der Waals surface area contributed by atoms with Crippen LogP contribution < -0.4 is 0 Å². The standard InChI is InChI=1S/2C27H28N2O4.4C2H6/c2*1-5-32-26(31)24-23(25(33-29-24)27(2,3)4)22(30)16-20(18-12-8-6-9-13-18)21(17-28)19-14-10-7-11-15-19;4*1-2/h2*6-15,20-21H,5,16H2,1-4H3;4*1-2H3/t2*20-,21-;;;;/m10..../s1. The van der Waals surface area contributed by atoms with Crippen molar-refractivity contribution in [3.8, 4) is 12.1 Å². The number of benzene rings is 4. The van der Waals surface area contributed by atoms with Crippen LogP contribution in [-0.4, -0.2) is 47.0 Å². The molecule has 0 aliphatic carbocycles. The molecular formula is C62H80N4O8. The van der Waals surface area contributed by atoms with Gasteiger partial charge in [-0.15, -0.1) is 0 Å². The van der Waals surface area contributed by atoms with E-state index in [1.807, 2.05) is 218 Å². The van der Waals surface area contributed by atoms with Crippen molar-refractivity contribution in [2.75, 3.05) is 13.2 Å². The molecule has 0 aliphatic rings. The normalized spacial score (nSPS) is 12.0. The third kappa shape index (κ3) is 17.9. The molecule has 0 N–H and O–H groups in total. The molecule has 74 heavy (non-hydrogen) atoms. The van der Waals surface area contributed by atoms with Crippen LogP contribution >= 0.6 is 0 Å². The van der Waals surface area contributed by atoms with Crippen molar-refractivity contribution in [1.82, 2.24) is 10.3 Å². The Bertz CT molecular complexity index is 2460. The van der Waals surface area contributed by atoms with Crippen molar-refractivity contribution < 1.29 is 37.7 Å². The van der Waals surface area contributed by atoms with Gasteiger partial charge in [0.25, 0.3) is 0 Å². The Kier molecular flexibility index (Phi) is 29.1. The van der Waals surface area contributed by atoms with Crippen molar-refractivity contribution in [3.63, 3.8) is 0 Å². The fourth-order valence-corrected chi connectivity index (χ4v) is 7.77. The Morgan fingerprint density at radius 2 is 0.730 bits per heavy atom. The van der Waals surface area contributed by atoms with Crippen LogP contribution in [0.2, 0.25) is 0 Å². The average molecular weight is 1010 g/mol. The van der Waals surface area contributed by atoms with Crippen LogP contribution in [0.4, 0.5) is 0 Å². The lowest BCUT2D eigenvalue weighted by atomic mass is 9.77. The molecule has 396 valence electrons. The zero-order chi connectivity index (χ0) is 56.0. The molecule has 0 radical (unpaired) electrons. The maximum Gasteiger partial charge on any atom is 0.361 e. The van der Waals surface area contributed by atoms with E-state index in [0.717, 1.165) is 22.3 Å². The zero-order valence-corrected chi connectivity index (χ0v) is 46.7. The van der Waals surface area contributed by atoms with Crippen LogP contribution in [0.25, 0.3) is 0 Å². The minimum absolute atomic E-state index is 0.00777. The fourth-order valence-electron chi connectivity index (χ4n) is 7.77. The number of carbonyl (C=O) groups excluding carboxylic acids is 4. The van der Waals surface area contributed by atoms with Crippen LogP contribution in [0.3, 0.4) is 0 Å². The molecule has 12 heteroatoms. The highest BCUT2D eigenvalue weighted by Gasteiger charge is 2.38. The predicted molar refractivity (Wildman–Crippen MR) is 294 cm³/mol. The fraction of sp³-hybridized carbons (Fsp3) is 0.419. The van der Waals surface area contributed by atoms with Gasteiger partial charge in [0.05, 0.1) is 48.3 Å². The molecule has 0 aliphatic heterocycles. The van der Waals surface area contributed by atoms with Gasteiger partial charge in [-0.25, -0.2) is 9.59 Å². The Hall–Kier alpha value is -7.44. The van der Waals surface area contributed by atoms with E-state index in [-0.39, 0.29) is 60.1 Å². The summed E-state index contributed by atoms with van der Waals surface area (Å²) in [4.78, 5) is 52.5. The van der Waals surface area contributed by atoms with Crippen LogP contribution in [0.15, 0.2) is 130 Å². The first kappa shape index (κ1) is 64.6. The van der Waals surface area contributed by atoms with E-state index in [1.54, 1.807) is 13.8 Å². The Balaban J connectivity index is 0.000000652. The smallest absolute Gasteiger partial charge is 0.361 e. The lowest BCUT2D eigenvalue weighted by molar-refractivity contribution is 0.0503. The van der Waals surface area contributed by atoms with Gasteiger partial charge in [-0.05, 0) is 36.1 Å². The highest BCUT2D eigenvalue weighted by Crippen LogP contribution is 2.40. The van der Waals surface area contributed by atoms with Crippen molar-refractivity contribution in [2.45, 2.75) is 158 Å². The molecule has 0 unspecified atom stereocenters. The van der Waals surface area contributed by atoms with Gasteiger partial charge >= 0.3 is 11.9 Å². The minimum atomic E-state index is -0.698. The number of ether oxygens (including phenoxy) is 2. The molecule has 6 rings (SSSR count). The molecular weight excluding hydrogens is 929 g/mol. The van der Waals surface area contributed by atoms with Gasteiger partial charge in [-0.3, -0.25) is 9.59 Å². The molecule has 0 amide bonds. The van der Waals surface area contributed by atoms with Gasteiger partial charge < -0.3 is 18.5 Å². The van der Waals surface area contributed by atoms with Gasteiger partial charge in [0, 0.05) is 35.5 Å². The molecule has 4 atom stereocenters. The summed E-state index contributed by atoms with van der Waals surface area (Å²) in [6.07, 6.45) is 0.0155. The maximum absolute atomic E-state index is 13.7. The van der Waals surface area contributed by atoms with Crippen LogP contribution in [-0.2, 0) is 20.3 Å². The summed E-state index contributed by atoms with van der Waals surface area (Å²) in [5.41, 5.74) is 2.30. The number of nitrogens with zero attached hydrogens (tertiary/aromatic N) is 4. The molecule has 0 saturated carbocycles. The highest BCUT2D eigenvalue weighted by atomic mass is 16.5. The lowest BCUT2D eigenvalue weighted by Gasteiger charge is -2.23. The van der Waals surface area contributed by atoms with E-state index >= 15 is 0 Å². The summed E-state index contributed by atoms with van der Waals surface area (Å²) in [7, 11) is 0. The third-order valence-corrected chi connectivity index (χ3v) is 10.9. The van der Waals surface area contributed by atoms with Gasteiger partial charge in [-0.1, -0.05) is 229 Å². The minimum Gasteiger partial charge on any atom is -0.461 e. The third-order valence-electron chi connectivity index (χ3n) is 10.9. The van der Waals surface area contributed by atoms with E-state index in [4.69, 9.17) is 18.5 Å². The Morgan fingerprint density at radius 3 is 0.959 bits per heavy atom. The first-order chi connectivity index (χ1) is 35.5. The summed E-state index contributed by atoms with van der Waals surface area (Å²) < 4.78 is 21.2. The number of aromatic nitrogens is 2. The average Bonchev–Trinajstić information content (AvgIpc) is 4.10. The lowest BCUT2D eigenvalue weighted by Crippen LogP contribution is -2.21. The van der Waals surface area contributed by atoms with E-state index in [2.05, 4.69) is 22.5 Å². The maximum atomic E-state index is 13.7. The molecule has 0 saturated heterocycles. The number of carbonyl (C=O) groups is 4. The Morgan fingerprint density at radius 1 is 0.473 bits per heavy atom. The van der Waals surface area contributed by atoms with E-state index in [1.165, 1.54) is 0 Å². The summed E-state index contributed by atoms with van der Waals surface area (Å²) in [5, 5.41) is 28.0. The largest absolute Gasteiger partial charge is 0.461 e. The molecule has 6 aromatic rings. The van der Waals surface area contributed by atoms with Crippen LogP contribution in [0.1, 0.15) is 223 Å². The highest BCUT2D eigenvalue weighted by molar-refractivity contribution is 6.07. The number of ketones is 2. The van der Waals surface area contributed by atoms with Crippen LogP contribution in [0, 0.1) is 22.7 Å². The van der Waals surface area contributed by atoms with Crippen molar-refractivity contribution in [3.05, 3.63) is 178 Å². The summed E-state index contributed by atoms with van der Waals surface area (Å²) in [6.45, 7) is 31.0. The first-order valence-corrected chi connectivity index (χ1v) is 25.9. The topological polar surface area (TPSA) is 186 Å². The number of hydrogen-bond donors (Lipinski definition) is 0. The number of nitriles is 2. The summed E-state index contributed by atoms with van der Waals surface area (Å²) >= 11 is 0. The van der Waals surface area contributed by atoms with Gasteiger partial charge in [0.1, 0.15) is 0 Å². The second-order valence-corrected chi connectivity index (χ2v) is 17.7. The molecule has 0 bridgehead atoms. The molecule has 4 aromatic carbocycles. The number of Topliss-reactive ketones (excluding diaryl/α,β-unsaturated/α-hetero) is 2.